The lowest BCUT2D eigenvalue weighted by molar-refractivity contribution is -0.113. The molecule has 1 aromatic carbocycles. The Bertz CT molecular complexity index is 1080. The first kappa shape index (κ1) is 18.5. The molecule has 3 aromatic rings. The molecule has 0 saturated heterocycles. The second kappa shape index (κ2) is 7.63. The molecule has 0 fully saturated rings. The minimum absolute atomic E-state index is 0.301. The fraction of sp³-hybridized carbons (Fsp3) is 0.200. The Morgan fingerprint density at radius 1 is 1.14 bits per heavy atom. The molecule has 0 radical (unpaired) electrons. The van der Waals surface area contributed by atoms with Gasteiger partial charge in [0.15, 0.2) is 11.5 Å². The number of benzene rings is 1. The summed E-state index contributed by atoms with van der Waals surface area (Å²) in [6.45, 7) is 1.82. The van der Waals surface area contributed by atoms with Crippen LogP contribution >= 0.6 is 0 Å². The van der Waals surface area contributed by atoms with Crippen molar-refractivity contribution in [2.45, 2.75) is 13.0 Å². The van der Waals surface area contributed by atoms with Gasteiger partial charge in [-0.3, -0.25) is 4.79 Å². The number of aromatic nitrogens is 4. The number of rotatable bonds is 5. The summed E-state index contributed by atoms with van der Waals surface area (Å²) in [5.74, 6) is 1.78. The Balaban J connectivity index is 1.84. The average Bonchev–Trinajstić information content (AvgIpc) is 3.20. The third kappa shape index (κ3) is 3.27. The van der Waals surface area contributed by atoms with Crippen LogP contribution in [-0.2, 0) is 4.79 Å². The van der Waals surface area contributed by atoms with Crippen molar-refractivity contribution < 1.29 is 14.3 Å². The lowest BCUT2D eigenvalue weighted by Gasteiger charge is -2.29. The fourth-order valence-corrected chi connectivity index (χ4v) is 3.42. The van der Waals surface area contributed by atoms with Crippen LogP contribution in [0.3, 0.4) is 0 Å². The summed E-state index contributed by atoms with van der Waals surface area (Å²) in [4.78, 5) is 21.7. The Morgan fingerprint density at radius 3 is 2.72 bits per heavy atom. The van der Waals surface area contributed by atoms with Crippen LogP contribution in [0.25, 0.3) is 0 Å². The minimum Gasteiger partial charge on any atom is -0.493 e. The zero-order valence-corrected chi connectivity index (χ0v) is 16.2. The Labute approximate surface area is 167 Å². The maximum absolute atomic E-state index is 13.3. The summed E-state index contributed by atoms with van der Waals surface area (Å²) in [6, 6.07) is 10.3. The van der Waals surface area contributed by atoms with Gasteiger partial charge in [0, 0.05) is 17.5 Å². The smallest absolute Gasteiger partial charge is 0.257 e. The van der Waals surface area contributed by atoms with Gasteiger partial charge in [-0.1, -0.05) is 18.2 Å². The van der Waals surface area contributed by atoms with E-state index < -0.39 is 6.04 Å². The normalized spacial score (nSPS) is 15.3. The second-order valence-electron chi connectivity index (χ2n) is 6.35. The topological polar surface area (TPSA) is 103 Å². The molecule has 1 aliphatic heterocycles. The monoisotopic (exact) mass is 392 g/mol. The number of para-hydroxylation sites is 1. The first-order valence-electron chi connectivity index (χ1n) is 8.94. The molecule has 0 bridgehead atoms. The van der Waals surface area contributed by atoms with Crippen molar-refractivity contribution in [2.24, 2.45) is 0 Å². The van der Waals surface area contributed by atoms with Crippen molar-refractivity contribution in [1.82, 2.24) is 19.7 Å². The van der Waals surface area contributed by atoms with E-state index in [0.717, 1.165) is 5.56 Å². The third-order valence-electron chi connectivity index (χ3n) is 4.67. The van der Waals surface area contributed by atoms with Crippen molar-refractivity contribution >= 4 is 17.7 Å². The molecule has 1 aliphatic rings. The van der Waals surface area contributed by atoms with E-state index >= 15 is 0 Å². The molecule has 0 unspecified atom stereocenters. The molecule has 2 aromatic heterocycles. The van der Waals surface area contributed by atoms with Crippen LogP contribution < -0.4 is 20.1 Å². The Kier molecular flexibility index (Phi) is 4.86. The molecule has 9 nitrogen and oxygen atoms in total. The Hall–Kier alpha value is -3.88. The zero-order chi connectivity index (χ0) is 20.4. The van der Waals surface area contributed by atoms with Crippen LogP contribution in [0.1, 0.15) is 18.5 Å². The fourth-order valence-electron chi connectivity index (χ4n) is 3.42. The quantitative estimate of drug-likeness (QED) is 0.688. The first-order valence-corrected chi connectivity index (χ1v) is 8.94. The number of pyridine rings is 1. The van der Waals surface area contributed by atoms with E-state index in [4.69, 9.17) is 9.47 Å². The average molecular weight is 392 g/mol. The number of nitrogens with zero attached hydrogens (tertiary/aromatic N) is 4. The molecule has 9 heteroatoms. The van der Waals surface area contributed by atoms with E-state index in [9.17, 15) is 4.79 Å². The Morgan fingerprint density at radius 2 is 2.00 bits per heavy atom. The highest BCUT2D eigenvalue weighted by Crippen LogP contribution is 2.42. The van der Waals surface area contributed by atoms with Crippen LogP contribution in [0.15, 0.2) is 60.2 Å². The first-order chi connectivity index (χ1) is 14.1. The van der Waals surface area contributed by atoms with E-state index in [1.165, 1.54) is 6.33 Å². The summed E-state index contributed by atoms with van der Waals surface area (Å²) in [7, 11) is 3.13. The molecular formula is C20H20N6O3. The predicted molar refractivity (Wildman–Crippen MR) is 107 cm³/mol. The molecule has 0 saturated carbocycles. The number of methoxy groups -OCH3 is 2. The van der Waals surface area contributed by atoms with E-state index in [-0.39, 0.29) is 5.91 Å². The number of hydrogen-bond donors (Lipinski definition) is 2. The number of carbonyl (C=O) groups is 1. The number of hydrogen-bond acceptors (Lipinski definition) is 7. The van der Waals surface area contributed by atoms with Gasteiger partial charge in [0.25, 0.3) is 5.91 Å². The number of carbonyl (C=O) groups excluding carboxylic acids is 1. The summed E-state index contributed by atoms with van der Waals surface area (Å²) in [5, 5.41) is 10.3. The number of nitrogens with one attached hydrogen (secondary N) is 2. The van der Waals surface area contributed by atoms with Crippen molar-refractivity contribution in [3.8, 4) is 11.5 Å². The van der Waals surface area contributed by atoms with Crippen LogP contribution in [0.4, 0.5) is 11.8 Å². The van der Waals surface area contributed by atoms with Crippen molar-refractivity contribution in [2.75, 3.05) is 24.9 Å². The highest BCUT2D eigenvalue weighted by Gasteiger charge is 2.36. The summed E-state index contributed by atoms with van der Waals surface area (Å²) in [5.41, 5.74) is 1.86. The largest absolute Gasteiger partial charge is 0.493 e. The number of anilines is 2. The molecule has 148 valence electrons. The molecule has 1 amide bonds. The number of fused-ring (bicyclic) bond motifs is 1. The van der Waals surface area contributed by atoms with Gasteiger partial charge in [0.2, 0.25) is 5.95 Å². The highest BCUT2D eigenvalue weighted by molar-refractivity contribution is 6.05. The van der Waals surface area contributed by atoms with E-state index in [1.807, 2.05) is 19.1 Å². The van der Waals surface area contributed by atoms with Crippen LogP contribution in [-0.4, -0.2) is 39.9 Å². The highest BCUT2D eigenvalue weighted by atomic mass is 16.5. The lowest BCUT2D eigenvalue weighted by Crippen LogP contribution is -2.32. The van der Waals surface area contributed by atoms with E-state index in [2.05, 4.69) is 25.7 Å². The minimum atomic E-state index is -0.567. The summed E-state index contributed by atoms with van der Waals surface area (Å²) < 4.78 is 12.7. The number of allylic oxidation sites excluding steroid dienone is 1. The van der Waals surface area contributed by atoms with Gasteiger partial charge in [-0.25, -0.2) is 9.67 Å². The van der Waals surface area contributed by atoms with Crippen molar-refractivity contribution in [3.05, 3.63) is 65.8 Å². The zero-order valence-electron chi connectivity index (χ0n) is 16.2. The van der Waals surface area contributed by atoms with Gasteiger partial charge in [-0.2, -0.15) is 10.1 Å². The van der Waals surface area contributed by atoms with Crippen molar-refractivity contribution in [3.63, 3.8) is 0 Å². The predicted octanol–water partition coefficient (Wildman–Crippen LogP) is 2.62. The van der Waals surface area contributed by atoms with Crippen LogP contribution in [0, 0.1) is 0 Å². The standard InChI is InChI=1S/C20H20N6O3/c1-12-16(19(27)25-15-9-4-5-10-21-15)17(26-20(24-12)22-11-23-26)13-7-6-8-14(28-2)18(13)29-3/h4-11,17H,1-3H3,(H,21,25,27)(H,22,23,24)/t17-/m0/s1. The molecule has 0 spiro atoms. The summed E-state index contributed by atoms with van der Waals surface area (Å²) in [6.07, 6.45) is 3.06. The third-order valence-corrected chi connectivity index (χ3v) is 4.67. The molecule has 29 heavy (non-hydrogen) atoms. The number of amides is 1. The van der Waals surface area contributed by atoms with Gasteiger partial charge >= 0.3 is 0 Å². The van der Waals surface area contributed by atoms with Gasteiger partial charge in [0.1, 0.15) is 18.2 Å². The molecule has 3 heterocycles. The molecule has 1 atom stereocenters. The molecule has 4 rings (SSSR count). The van der Waals surface area contributed by atoms with Crippen molar-refractivity contribution in [1.29, 1.82) is 0 Å². The molecule has 2 N–H and O–H groups in total. The molecule has 0 aliphatic carbocycles. The van der Waals surface area contributed by atoms with E-state index in [1.54, 1.807) is 49.4 Å². The SMILES string of the molecule is COc1cccc([C@H]2C(C(=O)Nc3ccccn3)=C(C)Nc3ncnn32)c1OC. The maximum Gasteiger partial charge on any atom is 0.257 e. The lowest BCUT2D eigenvalue weighted by atomic mass is 9.94. The van der Waals surface area contributed by atoms with Gasteiger partial charge in [-0.05, 0) is 25.1 Å². The van der Waals surface area contributed by atoms with Gasteiger partial charge in [-0.15, -0.1) is 0 Å². The maximum atomic E-state index is 13.3. The number of ether oxygens (including phenoxy) is 2. The van der Waals surface area contributed by atoms with Gasteiger partial charge < -0.3 is 20.1 Å². The molecular weight excluding hydrogens is 372 g/mol. The summed E-state index contributed by atoms with van der Waals surface area (Å²) >= 11 is 0. The van der Waals surface area contributed by atoms with Gasteiger partial charge in [0.05, 0.1) is 19.8 Å². The second-order valence-corrected chi connectivity index (χ2v) is 6.35. The van der Waals surface area contributed by atoms with Crippen LogP contribution in [0.2, 0.25) is 0 Å². The van der Waals surface area contributed by atoms with Crippen LogP contribution in [0.5, 0.6) is 11.5 Å². The van der Waals surface area contributed by atoms with E-state index in [0.29, 0.717) is 34.5 Å².